The first-order chi connectivity index (χ1) is 9.33. The zero-order valence-electron chi connectivity index (χ0n) is 11.8. The number of nitrogens with zero attached hydrogens (tertiary/aromatic N) is 2. The van der Waals surface area contributed by atoms with Gasteiger partial charge in [0.15, 0.2) is 0 Å². The maximum atomic E-state index is 5.44. The number of hydrogen-bond donors (Lipinski definition) is 1. The van der Waals surface area contributed by atoms with Gasteiger partial charge >= 0.3 is 0 Å². The molecular weight excluding hydrogens is 238 g/mol. The topological polar surface area (TPSA) is 39.1 Å². The molecule has 1 N–H and O–H groups in total. The molecule has 1 aromatic heterocycles. The fourth-order valence-electron chi connectivity index (χ4n) is 3.22. The molecule has 3 rings (SSSR count). The van der Waals surface area contributed by atoms with Gasteiger partial charge in [-0.25, -0.2) is 0 Å². The molecule has 1 aromatic rings. The summed E-state index contributed by atoms with van der Waals surface area (Å²) < 4.78 is 7.62. The van der Waals surface area contributed by atoms with Gasteiger partial charge in [0, 0.05) is 25.4 Å². The van der Waals surface area contributed by atoms with Gasteiger partial charge in [0.05, 0.1) is 18.3 Å². The largest absolute Gasteiger partial charge is 0.381 e. The van der Waals surface area contributed by atoms with E-state index in [2.05, 4.69) is 29.2 Å². The van der Waals surface area contributed by atoms with E-state index < -0.39 is 0 Å². The number of ether oxygens (including phenoxy) is 1. The summed E-state index contributed by atoms with van der Waals surface area (Å²) >= 11 is 0. The van der Waals surface area contributed by atoms with Crippen LogP contribution >= 0.6 is 0 Å². The average molecular weight is 263 g/mol. The summed E-state index contributed by atoms with van der Waals surface area (Å²) in [5.74, 6) is 0.664. The van der Waals surface area contributed by atoms with Crippen LogP contribution in [0.2, 0.25) is 0 Å². The fraction of sp³-hybridized carbons (Fsp3) is 0.800. The normalized spacial score (nSPS) is 26.1. The molecule has 0 bridgehead atoms. The molecular formula is C15H25N3O. The lowest BCUT2D eigenvalue weighted by Crippen LogP contribution is -2.33. The van der Waals surface area contributed by atoms with Crippen molar-refractivity contribution < 1.29 is 4.74 Å². The Hall–Kier alpha value is -0.870. The smallest absolute Gasteiger partial charge is 0.0762 e. The van der Waals surface area contributed by atoms with Crippen molar-refractivity contribution in [2.24, 2.45) is 5.92 Å². The van der Waals surface area contributed by atoms with Gasteiger partial charge in [-0.3, -0.25) is 4.68 Å². The molecule has 0 aromatic carbocycles. The van der Waals surface area contributed by atoms with Crippen molar-refractivity contribution in [3.8, 4) is 0 Å². The summed E-state index contributed by atoms with van der Waals surface area (Å²) in [4.78, 5) is 0. The van der Waals surface area contributed by atoms with E-state index in [9.17, 15) is 0 Å². The van der Waals surface area contributed by atoms with E-state index in [1.165, 1.54) is 32.1 Å². The second kappa shape index (κ2) is 6.06. The standard InChI is InChI=1S/C15H25N3O/c1-12(13-7-9-19-11-13)16-10-14-6-8-18(17-14)15-4-2-3-5-15/h6,8,12-13,15-16H,2-5,7,9-11H2,1H3. The van der Waals surface area contributed by atoms with Crippen LogP contribution in [-0.4, -0.2) is 29.0 Å². The molecule has 0 amide bonds. The van der Waals surface area contributed by atoms with Crippen LogP contribution in [-0.2, 0) is 11.3 Å². The Kier molecular flexibility index (Phi) is 4.18. The monoisotopic (exact) mass is 263 g/mol. The van der Waals surface area contributed by atoms with Gasteiger partial charge in [-0.05, 0) is 38.2 Å². The van der Waals surface area contributed by atoms with Crippen LogP contribution in [0.3, 0.4) is 0 Å². The fourth-order valence-corrected chi connectivity index (χ4v) is 3.22. The molecule has 2 atom stereocenters. The van der Waals surface area contributed by atoms with Gasteiger partial charge in [-0.15, -0.1) is 0 Å². The van der Waals surface area contributed by atoms with E-state index in [4.69, 9.17) is 9.84 Å². The lowest BCUT2D eigenvalue weighted by molar-refractivity contribution is 0.178. The molecule has 2 unspecified atom stereocenters. The summed E-state index contributed by atoms with van der Waals surface area (Å²) in [5, 5.41) is 8.30. The summed E-state index contributed by atoms with van der Waals surface area (Å²) in [5.41, 5.74) is 1.16. The Balaban J connectivity index is 1.49. The number of rotatable bonds is 5. The first-order valence-corrected chi connectivity index (χ1v) is 7.68. The molecule has 0 spiro atoms. The average Bonchev–Trinajstić information content (AvgIpc) is 3.14. The van der Waals surface area contributed by atoms with E-state index in [0.717, 1.165) is 25.5 Å². The maximum absolute atomic E-state index is 5.44. The van der Waals surface area contributed by atoms with Crippen LogP contribution in [0.1, 0.15) is 50.8 Å². The van der Waals surface area contributed by atoms with Gasteiger partial charge in [-0.1, -0.05) is 12.8 Å². The molecule has 0 radical (unpaired) electrons. The second-order valence-corrected chi connectivity index (χ2v) is 6.02. The quantitative estimate of drug-likeness (QED) is 0.887. The van der Waals surface area contributed by atoms with Gasteiger partial charge < -0.3 is 10.1 Å². The van der Waals surface area contributed by atoms with E-state index in [0.29, 0.717) is 18.0 Å². The Labute approximate surface area is 115 Å². The summed E-state index contributed by atoms with van der Waals surface area (Å²) in [6, 6.07) is 3.32. The van der Waals surface area contributed by atoms with Crippen molar-refractivity contribution in [2.45, 2.75) is 57.7 Å². The zero-order valence-corrected chi connectivity index (χ0v) is 11.8. The van der Waals surface area contributed by atoms with Gasteiger partial charge in [0.1, 0.15) is 0 Å². The van der Waals surface area contributed by atoms with E-state index in [1.807, 2.05) is 0 Å². The summed E-state index contributed by atoms with van der Waals surface area (Å²) in [6.07, 6.45) is 8.64. The molecule has 1 saturated carbocycles. The first kappa shape index (κ1) is 13.1. The zero-order chi connectivity index (χ0) is 13.1. The number of aromatic nitrogens is 2. The van der Waals surface area contributed by atoms with Crippen molar-refractivity contribution in [3.63, 3.8) is 0 Å². The second-order valence-electron chi connectivity index (χ2n) is 6.02. The lowest BCUT2D eigenvalue weighted by Gasteiger charge is -2.18. The summed E-state index contributed by atoms with van der Waals surface area (Å²) in [6.45, 7) is 4.96. The van der Waals surface area contributed by atoms with Crippen LogP contribution in [0.4, 0.5) is 0 Å². The van der Waals surface area contributed by atoms with Crippen molar-refractivity contribution in [2.75, 3.05) is 13.2 Å². The van der Waals surface area contributed by atoms with E-state index in [1.54, 1.807) is 0 Å². The Morgan fingerprint density at radius 2 is 2.26 bits per heavy atom. The Morgan fingerprint density at radius 3 is 3.00 bits per heavy atom. The van der Waals surface area contributed by atoms with Crippen molar-refractivity contribution in [1.82, 2.24) is 15.1 Å². The van der Waals surface area contributed by atoms with Crippen molar-refractivity contribution >= 4 is 0 Å². The maximum Gasteiger partial charge on any atom is 0.0762 e. The van der Waals surface area contributed by atoms with E-state index in [-0.39, 0.29) is 0 Å². The predicted octanol–water partition coefficient (Wildman–Crippen LogP) is 2.51. The third kappa shape index (κ3) is 3.18. The van der Waals surface area contributed by atoms with Gasteiger partial charge in [-0.2, -0.15) is 5.10 Å². The molecule has 1 aliphatic heterocycles. The molecule has 4 heteroatoms. The Bertz CT molecular complexity index is 392. The van der Waals surface area contributed by atoms with Crippen LogP contribution in [0.25, 0.3) is 0 Å². The minimum atomic E-state index is 0.513. The highest BCUT2D eigenvalue weighted by molar-refractivity contribution is 5.00. The molecule has 2 heterocycles. The highest BCUT2D eigenvalue weighted by Crippen LogP contribution is 2.28. The molecule has 2 aliphatic rings. The van der Waals surface area contributed by atoms with Crippen LogP contribution in [0.5, 0.6) is 0 Å². The Morgan fingerprint density at radius 1 is 1.42 bits per heavy atom. The molecule has 4 nitrogen and oxygen atoms in total. The SMILES string of the molecule is CC(NCc1ccn(C2CCCC2)n1)C1CCOC1. The van der Waals surface area contributed by atoms with Crippen molar-refractivity contribution in [3.05, 3.63) is 18.0 Å². The highest BCUT2D eigenvalue weighted by atomic mass is 16.5. The third-order valence-electron chi connectivity index (χ3n) is 4.64. The molecule has 1 aliphatic carbocycles. The predicted molar refractivity (Wildman–Crippen MR) is 75.0 cm³/mol. The number of nitrogens with one attached hydrogen (secondary N) is 1. The molecule has 2 fully saturated rings. The number of hydrogen-bond acceptors (Lipinski definition) is 3. The van der Waals surface area contributed by atoms with Crippen LogP contribution in [0, 0.1) is 5.92 Å². The molecule has 106 valence electrons. The molecule has 1 saturated heterocycles. The highest BCUT2D eigenvalue weighted by Gasteiger charge is 2.22. The van der Waals surface area contributed by atoms with Gasteiger partial charge in [0.25, 0.3) is 0 Å². The third-order valence-corrected chi connectivity index (χ3v) is 4.64. The van der Waals surface area contributed by atoms with Crippen LogP contribution in [0.15, 0.2) is 12.3 Å². The molecule has 19 heavy (non-hydrogen) atoms. The minimum absolute atomic E-state index is 0.513. The summed E-state index contributed by atoms with van der Waals surface area (Å²) in [7, 11) is 0. The van der Waals surface area contributed by atoms with Gasteiger partial charge in [0.2, 0.25) is 0 Å². The van der Waals surface area contributed by atoms with Crippen molar-refractivity contribution in [1.29, 1.82) is 0 Å². The minimum Gasteiger partial charge on any atom is -0.381 e. The first-order valence-electron chi connectivity index (χ1n) is 7.68. The van der Waals surface area contributed by atoms with Crippen LogP contribution < -0.4 is 5.32 Å². The lowest BCUT2D eigenvalue weighted by atomic mass is 10.0. The van der Waals surface area contributed by atoms with E-state index >= 15 is 0 Å².